The Labute approximate surface area is 124 Å². The van der Waals surface area contributed by atoms with E-state index in [4.69, 9.17) is 11.6 Å². The zero-order chi connectivity index (χ0) is 14.1. The number of imidazole rings is 1. The molecule has 0 atom stereocenters. The van der Waals surface area contributed by atoms with Crippen LogP contribution in [0.15, 0.2) is 41.8 Å². The maximum atomic E-state index is 13.8. The Bertz CT molecular complexity index is 752. The number of thioether (sulfide) groups is 1. The van der Waals surface area contributed by atoms with Crippen LogP contribution < -0.4 is 0 Å². The standard InChI is InChI=1S/C14H11ClFN3S/c1-19-8-18-12-5-6-17-14(13(12)19)20-7-9-10(15)3-2-4-11(9)16/h2-6,8H,7H2,1H3. The zero-order valence-corrected chi connectivity index (χ0v) is 12.2. The van der Waals surface area contributed by atoms with Crippen molar-refractivity contribution in [2.24, 2.45) is 7.05 Å². The molecule has 2 aromatic heterocycles. The molecular formula is C14H11ClFN3S. The maximum Gasteiger partial charge on any atom is 0.128 e. The van der Waals surface area contributed by atoms with E-state index in [1.54, 1.807) is 24.7 Å². The van der Waals surface area contributed by atoms with Gasteiger partial charge >= 0.3 is 0 Å². The number of rotatable bonds is 3. The monoisotopic (exact) mass is 307 g/mol. The van der Waals surface area contributed by atoms with E-state index in [2.05, 4.69) is 9.97 Å². The number of aromatic nitrogens is 3. The van der Waals surface area contributed by atoms with Crippen LogP contribution in [0, 0.1) is 5.82 Å². The van der Waals surface area contributed by atoms with E-state index in [1.807, 2.05) is 17.7 Å². The molecule has 0 aliphatic carbocycles. The van der Waals surface area contributed by atoms with Crippen molar-refractivity contribution in [3.8, 4) is 0 Å². The van der Waals surface area contributed by atoms with Crippen molar-refractivity contribution in [2.75, 3.05) is 0 Å². The third-order valence-electron chi connectivity index (χ3n) is 3.01. The molecule has 1 aromatic carbocycles. The largest absolute Gasteiger partial charge is 0.332 e. The smallest absolute Gasteiger partial charge is 0.128 e. The average molecular weight is 308 g/mol. The van der Waals surface area contributed by atoms with E-state index >= 15 is 0 Å². The van der Waals surface area contributed by atoms with Crippen LogP contribution in [0.25, 0.3) is 11.0 Å². The topological polar surface area (TPSA) is 30.7 Å². The molecule has 0 radical (unpaired) electrons. The number of aryl methyl sites for hydroxylation is 1. The van der Waals surface area contributed by atoms with E-state index < -0.39 is 0 Å². The summed E-state index contributed by atoms with van der Waals surface area (Å²) in [5.41, 5.74) is 2.33. The molecule has 3 aromatic rings. The van der Waals surface area contributed by atoms with Crippen molar-refractivity contribution in [3.63, 3.8) is 0 Å². The van der Waals surface area contributed by atoms with E-state index in [1.165, 1.54) is 17.8 Å². The lowest BCUT2D eigenvalue weighted by molar-refractivity contribution is 0.617. The molecule has 0 spiro atoms. The molecule has 0 saturated carbocycles. The second kappa shape index (κ2) is 5.42. The number of nitrogens with zero attached hydrogens (tertiary/aromatic N) is 3. The Balaban J connectivity index is 1.93. The Morgan fingerprint density at radius 1 is 1.30 bits per heavy atom. The van der Waals surface area contributed by atoms with Crippen LogP contribution in [0.4, 0.5) is 4.39 Å². The van der Waals surface area contributed by atoms with Gasteiger partial charge in [0, 0.05) is 29.6 Å². The van der Waals surface area contributed by atoms with E-state index in [0.717, 1.165) is 16.1 Å². The molecule has 0 N–H and O–H groups in total. The molecule has 0 bridgehead atoms. The lowest BCUT2D eigenvalue weighted by atomic mass is 10.2. The normalized spacial score (nSPS) is 11.2. The van der Waals surface area contributed by atoms with Gasteiger partial charge in [-0.3, -0.25) is 0 Å². The summed E-state index contributed by atoms with van der Waals surface area (Å²) in [5, 5.41) is 1.26. The summed E-state index contributed by atoms with van der Waals surface area (Å²) < 4.78 is 15.7. The SMILES string of the molecule is Cn1cnc2ccnc(SCc3c(F)cccc3Cl)c21. The first-order valence-corrected chi connectivity index (χ1v) is 7.35. The molecule has 0 aliphatic heterocycles. The molecule has 0 aliphatic rings. The van der Waals surface area contributed by atoms with Gasteiger partial charge in [0.2, 0.25) is 0 Å². The van der Waals surface area contributed by atoms with Gasteiger partial charge < -0.3 is 4.57 Å². The average Bonchev–Trinajstić information content (AvgIpc) is 2.81. The van der Waals surface area contributed by atoms with Gasteiger partial charge in [-0.2, -0.15) is 0 Å². The first-order chi connectivity index (χ1) is 9.66. The first kappa shape index (κ1) is 13.4. The minimum atomic E-state index is -0.290. The summed E-state index contributed by atoms with van der Waals surface area (Å²) in [6.45, 7) is 0. The van der Waals surface area contributed by atoms with Crippen LogP contribution in [0.3, 0.4) is 0 Å². The second-order valence-corrected chi connectivity index (χ2v) is 5.70. The van der Waals surface area contributed by atoms with Gasteiger partial charge in [-0.1, -0.05) is 29.4 Å². The summed E-state index contributed by atoms with van der Waals surface area (Å²) >= 11 is 7.49. The van der Waals surface area contributed by atoms with Crippen LogP contribution in [0.1, 0.15) is 5.56 Å². The molecule has 3 rings (SSSR count). The zero-order valence-electron chi connectivity index (χ0n) is 10.7. The fraction of sp³-hybridized carbons (Fsp3) is 0.143. The lowest BCUT2D eigenvalue weighted by Crippen LogP contribution is -1.92. The third kappa shape index (κ3) is 2.39. The van der Waals surface area contributed by atoms with Crippen LogP contribution in [-0.2, 0) is 12.8 Å². The minimum absolute atomic E-state index is 0.290. The Kier molecular flexibility index (Phi) is 3.63. The Morgan fingerprint density at radius 2 is 2.15 bits per heavy atom. The van der Waals surface area contributed by atoms with Crippen LogP contribution >= 0.6 is 23.4 Å². The molecule has 0 amide bonds. The summed E-state index contributed by atoms with van der Waals surface area (Å²) in [6, 6.07) is 6.57. The van der Waals surface area contributed by atoms with Gasteiger partial charge in [-0.15, -0.1) is 0 Å². The van der Waals surface area contributed by atoms with Crippen LogP contribution in [0.5, 0.6) is 0 Å². The van der Waals surface area contributed by atoms with E-state index in [0.29, 0.717) is 16.3 Å². The highest BCUT2D eigenvalue weighted by molar-refractivity contribution is 7.98. The molecule has 6 heteroatoms. The molecular weight excluding hydrogens is 297 g/mol. The van der Waals surface area contributed by atoms with Crippen molar-refractivity contribution >= 4 is 34.4 Å². The highest BCUT2D eigenvalue weighted by atomic mass is 35.5. The minimum Gasteiger partial charge on any atom is -0.332 e. The molecule has 0 saturated heterocycles. The molecule has 0 fully saturated rings. The van der Waals surface area contributed by atoms with E-state index in [9.17, 15) is 4.39 Å². The van der Waals surface area contributed by atoms with Gasteiger partial charge in [-0.05, 0) is 18.2 Å². The van der Waals surface area contributed by atoms with Crippen molar-refractivity contribution in [1.29, 1.82) is 0 Å². The summed E-state index contributed by atoms with van der Waals surface area (Å²) in [4.78, 5) is 8.63. The number of hydrogen-bond donors (Lipinski definition) is 0. The Hall–Kier alpha value is -1.59. The number of hydrogen-bond acceptors (Lipinski definition) is 3. The second-order valence-electron chi connectivity index (χ2n) is 4.33. The number of benzene rings is 1. The van der Waals surface area contributed by atoms with Gasteiger partial charge in [0.15, 0.2) is 0 Å². The number of halogens is 2. The lowest BCUT2D eigenvalue weighted by Gasteiger charge is -2.06. The van der Waals surface area contributed by atoms with Gasteiger partial charge in [0.25, 0.3) is 0 Å². The summed E-state index contributed by atoms with van der Waals surface area (Å²) in [5.74, 6) is 0.144. The molecule has 0 unspecified atom stereocenters. The summed E-state index contributed by atoms with van der Waals surface area (Å²) in [6.07, 6.45) is 3.45. The highest BCUT2D eigenvalue weighted by Crippen LogP contribution is 2.30. The van der Waals surface area contributed by atoms with Crippen molar-refractivity contribution < 1.29 is 4.39 Å². The fourth-order valence-electron chi connectivity index (χ4n) is 1.98. The number of pyridine rings is 1. The van der Waals surface area contributed by atoms with Crippen molar-refractivity contribution in [1.82, 2.24) is 14.5 Å². The van der Waals surface area contributed by atoms with Crippen LogP contribution in [0.2, 0.25) is 5.02 Å². The quantitative estimate of drug-likeness (QED) is 0.684. The van der Waals surface area contributed by atoms with Crippen LogP contribution in [-0.4, -0.2) is 14.5 Å². The number of fused-ring (bicyclic) bond motifs is 1. The Morgan fingerprint density at radius 3 is 2.95 bits per heavy atom. The van der Waals surface area contributed by atoms with Gasteiger partial charge in [-0.25, -0.2) is 14.4 Å². The molecule has 2 heterocycles. The summed E-state index contributed by atoms with van der Waals surface area (Å²) in [7, 11) is 1.91. The fourth-order valence-corrected chi connectivity index (χ4v) is 3.39. The maximum absolute atomic E-state index is 13.8. The predicted octanol–water partition coefficient (Wildman–Crippen LogP) is 4.05. The van der Waals surface area contributed by atoms with E-state index in [-0.39, 0.29) is 5.82 Å². The molecule has 3 nitrogen and oxygen atoms in total. The van der Waals surface area contributed by atoms with Gasteiger partial charge in [0.1, 0.15) is 16.4 Å². The molecule has 20 heavy (non-hydrogen) atoms. The first-order valence-electron chi connectivity index (χ1n) is 5.98. The predicted molar refractivity (Wildman–Crippen MR) is 79.5 cm³/mol. The van der Waals surface area contributed by atoms with Crippen molar-refractivity contribution in [2.45, 2.75) is 10.8 Å². The molecule has 102 valence electrons. The van der Waals surface area contributed by atoms with Gasteiger partial charge in [0.05, 0.1) is 11.8 Å². The highest BCUT2D eigenvalue weighted by Gasteiger charge is 2.11. The third-order valence-corrected chi connectivity index (χ3v) is 4.37. The van der Waals surface area contributed by atoms with Crippen molar-refractivity contribution in [3.05, 3.63) is 53.2 Å².